The van der Waals surface area contributed by atoms with E-state index in [0.29, 0.717) is 25.9 Å². The molecular weight excluding hydrogens is 290 g/mol. The van der Waals surface area contributed by atoms with E-state index in [2.05, 4.69) is 4.90 Å². The second-order valence-electron chi connectivity index (χ2n) is 5.32. The summed E-state index contributed by atoms with van der Waals surface area (Å²) in [5.74, 6) is -0.901. The van der Waals surface area contributed by atoms with Crippen LogP contribution in [-0.4, -0.2) is 44.1 Å². The molecule has 0 aliphatic carbocycles. The third kappa shape index (κ3) is 3.75. The van der Waals surface area contributed by atoms with E-state index in [9.17, 15) is 18.3 Å². The molecule has 0 aromatic heterocycles. The van der Waals surface area contributed by atoms with Crippen molar-refractivity contribution < 1.29 is 18.3 Å². The lowest BCUT2D eigenvalue weighted by atomic mass is 9.90. The van der Waals surface area contributed by atoms with Crippen LogP contribution in [0.2, 0.25) is 0 Å². The molecule has 21 heavy (non-hydrogen) atoms. The lowest BCUT2D eigenvalue weighted by molar-refractivity contribution is -0.139. The topological polar surface area (TPSA) is 74.7 Å². The van der Waals surface area contributed by atoms with Gasteiger partial charge in [0.25, 0.3) is 0 Å². The summed E-state index contributed by atoms with van der Waals surface area (Å²) >= 11 is 0. The van der Waals surface area contributed by atoms with E-state index >= 15 is 0 Å². The summed E-state index contributed by atoms with van der Waals surface area (Å²) in [7, 11) is -2.94. The quantitative estimate of drug-likeness (QED) is 0.868. The standard InChI is InChI=1S/C15H21NO4S/c1-2-21(19,20)11-5-9-16-10-8-13(15(17)18)12-6-3-4-7-14(12)16/h3-4,6-7,13H,2,5,8-11H2,1H3,(H,17,18). The third-order valence-corrected chi connectivity index (χ3v) is 5.75. The number of aliphatic carboxylic acids is 1. The Bertz CT molecular complexity index is 612. The summed E-state index contributed by atoms with van der Waals surface area (Å²) in [5, 5.41) is 9.29. The first-order valence-corrected chi connectivity index (χ1v) is 9.04. The maximum Gasteiger partial charge on any atom is 0.311 e. The fourth-order valence-electron chi connectivity index (χ4n) is 2.74. The Morgan fingerprint density at radius 1 is 1.38 bits per heavy atom. The minimum atomic E-state index is -2.94. The lowest BCUT2D eigenvalue weighted by Crippen LogP contribution is -2.34. The smallest absolute Gasteiger partial charge is 0.311 e. The van der Waals surface area contributed by atoms with Crippen molar-refractivity contribution in [3.8, 4) is 0 Å². The molecule has 0 saturated carbocycles. The molecule has 0 saturated heterocycles. The zero-order chi connectivity index (χ0) is 15.5. The first-order valence-electron chi connectivity index (χ1n) is 7.21. The van der Waals surface area contributed by atoms with Gasteiger partial charge in [0.15, 0.2) is 0 Å². The van der Waals surface area contributed by atoms with Crippen LogP contribution in [0.3, 0.4) is 0 Å². The number of hydrogen-bond acceptors (Lipinski definition) is 4. The number of rotatable bonds is 6. The normalized spacial score (nSPS) is 18.3. The highest BCUT2D eigenvalue weighted by Crippen LogP contribution is 2.35. The van der Waals surface area contributed by atoms with E-state index in [1.165, 1.54) is 0 Å². The van der Waals surface area contributed by atoms with Crippen LogP contribution in [0.5, 0.6) is 0 Å². The number of carbonyl (C=O) groups is 1. The van der Waals surface area contributed by atoms with Gasteiger partial charge in [-0.25, -0.2) is 8.42 Å². The number of carboxylic acids is 1. The largest absolute Gasteiger partial charge is 0.481 e. The van der Waals surface area contributed by atoms with Gasteiger partial charge in [-0.05, 0) is 24.5 Å². The molecule has 2 rings (SSSR count). The number of benzene rings is 1. The summed E-state index contributed by atoms with van der Waals surface area (Å²) < 4.78 is 23.1. The first-order chi connectivity index (χ1) is 9.94. The summed E-state index contributed by atoms with van der Waals surface area (Å²) in [6, 6.07) is 7.50. The van der Waals surface area contributed by atoms with Crippen molar-refractivity contribution in [2.45, 2.75) is 25.7 Å². The molecular formula is C15H21NO4S. The molecule has 1 unspecified atom stereocenters. The van der Waals surface area contributed by atoms with Crippen molar-refractivity contribution in [3.05, 3.63) is 29.8 Å². The van der Waals surface area contributed by atoms with Gasteiger partial charge in [-0.1, -0.05) is 25.1 Å². The van der Waals surface area contributed by atoms with E-state index in [4.69, 9.17) is 0 Å². The van der Waals surface area contributed by atoms with E-state index in [0.717, 1.165) is 11.3 Å². The van der Waals surface area contributed by atoms with Crippen molar-refractivity contribution in [1.82, 2.24) is 0 Å². The minimum Gasteiger partial charge on any atom is -0.481 e. The molecule has 0 bridgehead atoms. The number of fused-ring (bicyclic) bond motifs is 1. The van der Waals surface area contributed by atoms with Gasteiger partial charge >= 0.3 is 5.97 Å². The Morgan fingerprint density at radius 2 is 2.10 bits per heavy atom. The molecule has 0 fully saturated rings. The van der Waals surface area contributed by atoms with Crippen LogP contribution in [-0.2, 0) is 14.6 Å². The van der Waals surface area contributed by atoms with Crippen molar-refractivity contribution in [2.75, 3.05) is 29.5 Å². The van der Waals surface area contributed by atoms with Crippen LogP contribution >= 0.6 is 0 Å². The van der Waals surface area contributed by atoms with Crippen LogP contribution in [0.25, 0.3) is 0 Å². The molecule has 1 atom stereocenters. The molecule has 1 aliphatic rings. The maximum atomic E-state index is 11.5. The van der Waals surface area contributed by atoms with Crippen molar-refractivity contribution >= 4 is 21.5 Å². The third-order valence-electron chi connectivity index (χ3n) is 3.96. The van der Waals surface area contributed by atoms with Gasteiger partial charge in [-0.3, -0.25) is 4.79 Å². The molecule has 1 aliphatic heterocycles. The van der Waals surface area contributed by atoms with Crippen molar-refractivity contribution in [1.29, 1.82) is 0 Å². The lowest BCUT2D eigenvalue weighted by Gasteiger charge is -2.34. The molecule has 1 aromatic carbocycles. The van der Waals surface area contributed by atoms with Gasteiger partial charge in [0.1, 0.15) is 9.84 Å². The van der Waals surface area contributed by atoms with E-state index in [1.807, 2.05) is 24.3 Å². The van der Waals surface area contributed by atoms with Crippen LogP contribution < -0.4 is 4.90 Å². The summed E-state index contributed by atoms with van der Waals surface area (Å²) in [5.41, 5.74) is 1.75. The summed E-state index contributed by atoms with van der Waals surface area (Å²) in [6.07, 6.45) is 1.13. The zero-order valence-electron chi connectivity index (χ0n) is 12.2. The predicted molar refractivity (Wildman–Crippen MR) is 82.6 cm³/mol. The number of para-hydroxylation sites is 1. The monoisotopic (exact) mass is 311 g/mol. The average Bonchev–Trinajstić information content (AvgIpc) is 2.47. The minimum absolute atomic E-state index is 0.171. The Hall–Kier alpha value is -1.56. The molecule has 5 nitrogen and oxygen atoms in total. The highest BCUT2D eigenvalue weighted by atomic mass is 32.2. The molecule has 6 heteroatoms. The number of anilines is 1. The molecule has 0 spiro atoms. The van der Waals surface area contributed by atoms with Gasteiger partial charge in [0.05, 0.1) is 11.7 Å². The second kappa shape index (κ2) is 6.47. The van der Waals surface area contributed by atoms with Crippen LogP contribution in [0.1, 0.15) is 31.2 Å². The Labute approximate surface area is 125 Å². The predicted octanol–water partition coefficient (Wildman–Crippen LogP) is 1.89. The van der Waals surface area contributed by atoms with E-state index < -0.39 is 21.7 Å². The van der Waals surface area contributed by atoms with Crippen LogP contribution in [0, 0.1) is 0 Å². The van der Waals surface area contributed by atoms with Crippen LogP contribution in [0.15, 0.2) is 24.3 Å². The molecule has 1 N–H and O–H groups in total. The zero-order valence-corrected chi connectivity index (χ0v) is 13.0. The van der Waals surface area contributed by atoms with Crippen molar-refractivity contribution in [2.24, 2.45) is 0 Å². The molecule has 1 aromatic rings. The van der Waals surface area contributed by atoms with E-state index in [-0.39, 0.29) is 11.5 Å². The Kier molecular flexibility index (Phi) is 4.88. The van der Waals surface area contributed by atoms with E-state index in [1.54, 1.807) is 6.92 Å². The molecule has 116 valence electrons. The SMILES string of the molecule is CCS(=O)(=O)CCCN1CCC(C(=O)O)c2ccccc21. The van der Waals surface area contributed by atoms with Gasteiger partial charge in [-0.2, -0.15) is 0 Å². The highest BCUT2D eigenvalue weighted by Gasteiger charge is 2.29. The maximum absolute atomic E-state index is 11.5. The number of nitrogens with zero attached hydrogens (tertiary/aromatic N) is 1. The number of sulfone groups is 1. The molecule has 0 radical (unpaired) electrons. The highest BCUT2D eigenvalue weighted by molar-refractivity contribution is 7.91. The number of carboxylic acid groups (broad SMARTS) is 1. The summed E-state index contributed by atoms with van der Waals surface area (Å²) in [6.45, 7) is 2.95. The van der Waals surface area contributed by atoms with Gasteiger partial charge in [0.2, 0.25) is 0 Å². The van der Waals surface area contributed by atoms with Crippen molar-refractivity contribution in [3.63, 3.8) is 0 Å². The van der Waals surface area contributed by atoms with Gasteiger partial charge < -0.3 is 10.0 Å². The number of hydrogen-bond donors (Lipinski definition) is 1. The van der Waals surface area contributed by atoms with Gasteiger partial charge in [-0.15, -0.1) is 0 Å². The Balaban J connectivity index is 2.09. The molecule has 0 amide bonds. The summed E-state index contributed by atoms with van der Waals surface area (Å²) in [4.78, 5) is 13.4. The Morgan fingerprint density at radius 3 is 2.76 bits per heavy atom. The fraction of sp³-hybridized carbons (Fsp3) is 0.533. The first kappa shape index (κ1) is 15.8. The van der Waals surface area contributed by atoms with Crippen LogP contribution in [0.4, 0.5) is 5.69 Å². The fourth-order valence-corrected chi connectivity index (χ4v) is 3.60. The second-order valence-corrected chi connectivity index (χ2v) is 7.79. The average molecular weight is 311 g/mol. The molecule has 1 heterocycles. The van der Waals surface area contributed by atoms with Gasteiger partial charge in [0, 0.05) is 24.5 Å².